The van der Waals surface area contributed by atoms with Crippen LogP contribution in [0.4, 0.5) is 5.69 Å². The topological polar surface area (TPSA) is 23.5 Å². The van der Waals surface area contributed by atoms with Crippen molar-refractivity contribution in [3.8, 4) is 0 Å². The zero-order valence-electron chi connectivity index (χ0n) is 11.2. The Morgan fingerprint density at radius 1 is 1.05 bits per heavy atom. The quantitative estimate of drug-likeness (QED) is 0.909. The minimum Gasteiger partial charge on any atom is -0.394 e. The van der Waals surface area contributed by atoms with Gasteiger partial charge in [-0.05, 0) is 30.5 Å². The molecule has 0 bridgehead atoms. The minimum absolute atomic E-state index is 0.175. The third-order valence-electron chi connectivity index (χ3n) is 4.03. The van der Waals surface area contributed by atoms with Crippen LogP contribution in [0.15, 0.2) is 54.6 Å². The van der Waals surface area contributed by atoms with E-state index in [4.69, 9.17) is 0 Å². The van der Waals surface area contributed by atoms with Crippen LogP contribution in [0, 0.1) is 0 Å². The van der Waals surface area contributed by atoms with E-state index in [0.29, 0.717) is 0 Å². The lowest BCUT2D eigenvalue weighted by Gasteiger charge is -2.36. The highest BCUT2D eigenvalue weighted by molar-refractivity contribution is 5.61. The number of rotatable bonds is 3. The highest BCUT2D eigenvalue weighted by Crippen LogP contribution is 2.39. The monoisotopic (exact) mass is 253 g/mol. The summed E-state index contributed by atoms with van der Waals surface area (Å²) in [7, 11) is 0. The van der Waals surface area contributed by atoms with Crippen molar-refractivity contribution >= 4 is 5.69 Å². The minimum atomic E-state index is -0.195. The molecule has 2 aromatic carbocycles. The average Bonchev–Trinajstić information content (AvgIpc) is 2.74. The predicted octanol–water partition coefficient (Wildman–Crippen LogP) is 3.00. The standard InChI is InChI=1S/C17H19NO/c1-17(13-19)11-15-9-5-6-10-16(15)18(17)12-14-7-3-2-4-8-14/h2-10,19H,11-13H2,1H3. The van der Waals surface area contributed by atoms with Crippen LogP contribution in [0.3, 0.4) is 0 Å². The van der Waals surface area contributed by atoms with Crippen LogP contribution in [0.2, 0.25) is 0 Å². The molecule has 0 aliphatic carbocycles. The smallest absolute Gasteiger partial charge is 0.0664 e. The molecule has 0 radical (unpaired) electrons. The Bertz CT molecular complexity index is 566. The van der Waals surface area contributed by atoms with Crippen LogP contribution in [0.1, 0.15) is 18.1 Å². The number of fused-ring (bicyclic) bond motifs is 1. The molecular formula is C17H19NO. The first-order valence-electron chi connectivity index (χ1n) is 6.73. The van der Waals surface area contributed by atoms with Gasteiger partial charge in [-0.25, -0.2) is 0 Å². The Morgan fingerprint density at radius 3 is 2.47 bits per heavy atom. The third kappa shape index (κ3) is 2.13. The van der Waals surface area contributed by atoms with E-state index in [-0.39, 0.29) is 12.1 Å². The SMILES string of the molecule is CC1(CO)Cc2ccccc2N1Cc1ccccc1. The fraction of sp³-hybridized carbons (Fsp3) is 0.294. The van der Waals surface area contributed by atoms with Gasteiger partial charge in [0.15, 0.2) is 0 Å². The number of aliphatic hydroxyl groups excluding tert-OH is 1. The molecular weight excluding hydrogens is 234 g/mol. The van der Waals surface area contributed by atoms with Crippen LogP contribution >= 0.6 is 0 Å². The molecule has 1 heterocycles. The van der Waals surface area contributed by atoms with Crippen molar-refractivity contribution in [2.45, 2.75) is 25.4 Å². The molecule has 0 aromatic heterocycles. The second kappa shape index (κ2) is 4.71. The van der Waals surface area contributed by atoms with E-state index in [1.54, 1.807) is 0 Å². The Labute approximate surface area is 114 Å². The van der Waals surface area contributed by atoms with E-state index in [9.17, 15) is 5.11 Å². The van der Waals surface area contributed by atoms with E-state index in [1.165, 1.54) is 16.8 Å². The average molecular weight is 253 g/mol. The zero-order valence-corrected chi connectivity index (χ0v) is 11.2. The Kier molecular flexibility index (Phi) is 3.03. The summed E-state index contributed by atoms with van der Waals surface area (Å²) >= 11 is 0. The molecule has 98 valence electrons. The zero-order chi connectivity index (χ0) is 13.3. The summed E-state index contributed by atoms with van der Waals surface area (Å²) in [6.07, 6.45) is 0.909. The maximum atomic E-state index is 9.80. The molecule has 2 nitrogen and oxygen atoms in total. The van der Waals surface area contributed by atoms with Crippen LogP contribution in [0.25, 0.3) is 0 Å². The molecule has 0 fully saturated rings. The van der Waals surface area contributed by atoms with E-state index in [2.05, 4.69) is 60.4 Å². The molecule has 1 aliphatic heterocycles. The van der Waals surface area contributed by atoms with Crippen LogP contribution in [-0.2, 0) is 13.0 Å². The first-order chi connectivity index (χ1) is 9.23. The van der Waals surface area contributed by atoms with Crippen molar-refractivity contribution in [3.05, 3.63) is 65.7 Å². The second-order valence-corrected chi connectivity index (χ2v) is 5.53. The van der Waals surface area contributed by atoms with E-state index >= 15 is 0 Å². The molecule has 1 unspecified atom stereocenters. The number of hydrogen-bond acceptors (Lipinski definition) is 2. The third-order valence-corrected chi connectivity index (χ3v) is 4.03. The number of para-hydroxylation sites is 1. The second-order valence-electron chi connectivity index (χ2n) is 5.53. The first kappa shape index (κ1) is 12.2. The maximum Gasteiger partial charge on any atom is 0.0664 e. The number of anilines is 1. The van der Waals surface area contributed by atoms with Crippen LogP contribution in [0.5, 0.6) is 0 Å². The summed E-state index contributed by atoms with van der Waals surface area (Å²) in [5.74, 6) is 0. The van der Waals surface area contributed by atoms with E-state index < -0.39 is 0 Å². The van der Waals surface area contributed by atoms with Crippen LogP contribution < -0.4 is 4.90 Å². The van der Waals surface area contributed by atoms with Crippen molar-refractivity contribution in [2.75, 3.05) is 11.5 Å². The number of hydrogen-bond donors (Lipinski definition) is 1. The molecule has 3 rings (SSSR count). The van der Waals surface area contributed by atoms with Gasteiger partial charge in [0, 0.05) is 12.2 Å². The summed E-state index contributed by atoms with van der Waals surface area (Å²) in [5.41, 5.74) is 3.66. The molecule has 0 saturated carbocycles. The van der Waals surface area contributed by atoms with Gasteiger partial charge in [-0.15, -0.1) is 0 Å². The number of aliphatic hydroxyl groups is 1. The van der Waals surface area contributed by atoms with Crippen molar-refractivity contribution in [1.82, 2.24) is 0 Å². The van der Waals surface area contributed by atoms with E-state index in [1.807, 2.05) is 6.07 Å². The molecule has 0 saturated heterocycles. The van der Waals surface area contributed by atoms with Gasteiger partial charge in [-0.3, -0.25) is 0 Å². The molecule has 1 aliphatic rings. The maximum absolute atomic E-state index is 9.80. The van der Waals surface area contributed by atoms with Gasteiger partial charge in [0.2, 0.25) is 0 Å². The normalized spacial score (nSPS) is 21.5. The van der Waals surface area contributed by atoms with Gasteiger partial charge in [0.05, 0.1) is 12.1 Å². The molecule has 2 aromatic rings. The van der Waals surface area contributed by atoms with Gasteiger partial charge in [0.1, 0.15) is 0 Å². The van der Waals surface area contributed by atoms with Crippen molar-refractivity contribution in [2.24, 2.45) is 0 Å². The molecule has 0 spiro atoms. The lowest BCUT2D eigenvalue weighted by Crippen LogP contribution is -2.46. The van der Waals surface area contributed by atoms with Crippen LogP contribution in [-0.4, -0.2) is 17.3 Å². The summed E-state index contributed by atoms with van der Waals surface area (Å²) in [5, 5.41) is 9.80. The first-order valence-corrected chi connectivity index (χ1v) is 6.73. The van der Waals surface area contributed by atoms with E-state index in [0.717, 1.165) is 13.0 Å². The molecule has 1 N–H and O–H groups in total. The largest absolute Gasteiger partial charge is 0.394 e. The summed E-state index contributed by atoms with van der Waals surface area (Å²) < 4.78 is 0. The fourth-order valence-corrected chi connectivity index (χ4v) is 2.90. The van der Waals surface area contributed by atoms with Gasteiger partial charge >= 0.3 is 0 Å². The van der Waals surface area contributed by atoms with Crippen molar-refractivity contribution < 1.29 is 5.11 Å². The van der Waals surface area contributed by atoms with Crippen molar-refractivity contribution in [3.63, 3.8) is 0 Å². The lowest BCUT2D eigenvalue weighted by atomic mass is 9.97. The molecule has 1 atom stereocenters. The molecule has 2 heteroatoms. The number of nitrogens with zero attached hydrogens (tertiary/aromatic N) is 1. The predicted molar refractivity (Wildman–Crippen MR) is 78.3 cm³/mol. The Morgan fingerprint density at radius 2 is 1.74 bits per heavy atom. The Hall–Kier alpha value is -1.80. The summed E-state index contributed by atoms with van der Waals surface area (Å²) in [4.78, 5) is 2.33. The summed E-state index contributed by atoms with van der Waals surface area (Å²) in [6.45, 7) is 3.15. The molecule has 0 amide bonds. The van der Waals surface area contributed by atoms with Crippen molar-refractivity contribution in [1.29, 1.82) is 0 Å². The highest BCUT2D eigenvalue weighted by atomic mass is 16.3. The van der Waals surface area contributed by atoms with Gasteiger partial charge in [-0.2, -0.15) is 0 Å². The van der Waals surface area contributed by atoms with Gasteiger partial charge in [-0.1, -0.05) is 48.5 Å². The fourth-order valence-electron chi connectivity index (χ4n) is 2.90. The lowest BCUT2D eigenvalue weighted by molar-refractivity contribution is 0.204. The summed E-state index contributed by atoms with van der Waals surface area (Å²) in [6, 6.07) is 18.9. The van der Waals surface area contributed by atoms with Gasteiger partial charge < -0.3 is 10.0 Å². The molecule has 19 heavy (non-hydrogen) atoms. The highest BCUT2D eigenvalue weighted by Gasteiger charge is 2.38. The Balaban J connectivity index is 1.97. The number of benzene rings is 2. The van der Waals surface area contributed by atoms with Gasteiger partial charge in [0.25, 0.3) is 0 Å².